The number of hydrogen-bond donors (Lipinski definition) is 2. The largest absolute Gasteiger partial charge is 0.382 e. The number of nitrogens with two attached hydrogens (primary N) is 1. The van der Waals surface area contributed by atoms with Crippen LogP contribution >= 0.6 is 11.3 Å². The number of carbonyl (C=O) groups excluding carboxylic acids is 1. The molecule has 3 N–H and O–H groups in total. The lowest BCUT2D eigenvalue weighted by atomic mass is 9.97. The van der Waals surface area contributed by atoms with Crippen LogP contribution in [0.25, 0.3) is 0 Å². The van der Waals surface area contributed by atoms with Crippen molar-refractivity contribution in [2.24, 2.45) is 5.92 Å². The summed E-state index contributed by atoms with van der Waals surface area (Å²) in [6.07, 6.45) is 3.31. The first-order valence-corrected chi connectivity index (χ1v) is 8.54. The Balaban J connectivity index is 2.15. The molecule has 2 atom stereocenters. The van der Waals surface area contributed by atoms with Gasteiger partial charge in [-0.25, -0.2) is 4.98 Å². The Kier molecular flexibility index (Phi) is 5.08. The van der Waals surface area contributed by atoms with Crippen molar-refractivity contribution in [3.8, 4) is 0 Å². The molecule has 1 aromatic rings. The highest BCUT2D eigenvalue weighted by atomic mass is 32.1. The van der Waals surface area contributed by atoms with Crippen molar-refractivity contribution in [3.05, 3.63) is 4.88 Å². The Hall–Kier alpha value is -1.30. The van der Waals surface area contributed by atoms with Gasteiger partial charge in [0.15, 0.2) is 5.13 Å². The zero-order chi connectivity index (χ0) is 15.6. The van der Waals surface area contributed by atoms with E-state index in [-0.39, 0.29) is 18.0 Å². The third-order valence-corrected chi connectivity index (χ3v) is 4.95. The van der Waals surface area contributed by atoms with E-state index in [2.05, 4.69) is 38.0 Å². The van der Waals surface area contributed by atoms with Gasteiger partial charge in [-0.15, -0.1) is 0 Å². The Bertz CT molecular complexity index is 490. The predicted octanol–water partition coefficient (Wildman–Crippen LogP) is 3.20. The predicted molar refractivity (Wildman–Crippen MR) is 88.8 cm³/mol. The first-order valence-electron chi connectivity index (χ1n) is 7.73. The molecule has 6 heteroatoms. The Morgan fingerprint density at radius 1 is 1.43 bits per heavy atom. The monoisotopic (exact) mass is 310 g/mol. The molecule has 2 heterocycles. The molecule has 0 aromatic carbocycles. The van der Waals surface area contributed by atoms with E-state index in [4.69, 9.17) is 5.73 Å². The number of aromatic nitrogens is 1. The fourth-order valence-corrected chi connectivity index (χ4v) is 3.63. The van der Waals surface area contributed by atoms with Crippen LogP contribution < -0.4 is 11.1 Å². The first-order chi connectivity index (χ1) is 9.90. The molecule has 5 nitrogen and oxygen atoms in total. The highest BCUT2D eigenvalue weighted by molar-refractivity contribution is 7.18. The van der Waals surface area contributed by atoms with Crippen molar-refractivity contribution in [1.82, 2.24) is 9.88 Å². The van der Waals surface area contributed by atoms with Gasteiger partial charge in [0.1, 0.15) is 10.7 Å². The molecule has 118 valence electrons. The zero-order valence-corrected chi connectivity index (χ0v) is 14.2. The second kappa shape index (κ2) is 6.64. The molecule has 1 aliphatic rings. The highest BCUT2D eigenvalue weighted by Crippen LogP contribution is 2.31. The average molecular weight is 310 g/mol. The van der Waals surface area contributed by atoms with E-state index < -0.39 is 0 Å². The Labute approximate surface area is 130 Å². The number of thiazole rings is 1. The number of likely N-dealkylation sites (tertiary alicyclic amines) is 1. The minimum Gasteiger partial charge on any atom is -0.382 e. The fourth-order valence-electron chi connectivity index (χ4n) is 2.79. The molecule has 0 bridgehead atoms. The van der Waals surface area contributed by atoms with Gasteiger partial charge in [-0.2, -0.15) is 0 Å². The quantitative estimate of drug-likeness (QED) is 0.896. The van der Waals surface area contributed by atoms with Crippen molar-refractivity contribution < 1.29 is 4.79 Å². The van der Waals surface area contributed by atoms with Gasteiger partial charge in [-0.3, -0.25) is 4.79 Å². The standard InChI is InChI=1S/C15H26N4OS/c1-9(2)8-17-15-18-13(16)12(21-15)14(20)19-10(3)6-5-7-11(19)4/h9-11H,5-8,16H2,1-4H3,(H,17,18)/t10-,11+. The van der Waals surface area contributed by atoms with Crippen LogP contribution in [-0.4, -0.2) is 34.4 Å². The lowest BCUT2D eigenvalue weighted by Crippen LogP contribution is -2.47. The summed E-state index contributed by atoms with van der Waals surface area (Å²) >= 11 is 1.37. The fraction of sp³-hybridized carbons (Fsp3) is 0.733. The number of amides is 1. The minimum atomic E-state index is 0.0299. The molecule has 1 amide bonds. The molecule has 1 aromatic heterocycles. The lowest BCUT2D eigenvalue weighted by Gasteiger charge is -2.38. The topological polar surface area (TPSA) is 71.2 Å². The van der Waals surface area contributed by atoms with E-state index in [0.717, 1.165) is 24.5 Å². The second-order valence-electron chi connectivity index (χ2n) is 6.35. The third kappa shape index (κ3) is 3.67. The number of nitrogens with one attached hydrogen (secondary N) is 1. The van der Waals surface area contributed by atoms with Gasteiger partial charge >= 0.3 is 0 Å². The van der Waals surface area contributed by atoms with Gasteiger partial charge in [-0.05, 0) is 39.0 Å². The smallest absolute Gasteiger partial charge is 0.268 e. The maximum Gasteiger partial charge on any atom is 0.268 e. The highest BCUT2D eigenvalue weighted by Gasteiger charge is 2.32. The maximum absolute atomic E-state index is 12.8. The second-order valence-corrected chi connectivity index (χ2v) is 7.35. The number of piperidine rings is 1. The van der Waals surface area contributed by atoms with Crippen LogP contribution in [0.1, 0.15) is 56.6 Å². The summed E-state index contributed by atoms with van der Waals surface area (Å²) in [6.45, 7) is 9.32. The van der Waals surface area contributed by atoms with Gasteiger partial charge in [0.2, 0.25) is 0 Å². The zero-order valence-electron chi connectivity index (χ0n) is 13.3. The van der Waals surface area contributed by atoms with Crippen LogP contribution in [0.15, 0.2) is 0 Å². The number of nitrogen functional groups attached to an aromatic ring is 1. The van der Waals surface area contributed by atoms with Gasteiger partial charge < -0.3 is 16.0 Å². The SMILES string of the molecule is CC(C)CNc1nc(N)c(C(=O)N2[C@H](C)CCC[C@@H]2C)s1. The summed E-state index contributed by atoms with van der Waals surface area (Å²) in [7, 11) is 0. The normalized spacial score (nSPS) is 22.6. The van der Waals surface area contributed by atoms with Crippen molar-refractivity contribution in [2.45, 2.75) is 59.0 Å². The van der Waals surface area contributed by atoms with E-state index in [0.29, 0.717) is 16.6 Å². The van der Waals surface area contributed by atoms with Gasteiger partial charge in [0.25, 0.3) is 5.91 Å². The Morgan fingerprint density at radius 3 is 2.62 bits per heavy atom. The van der Waals surface area contributed by atoms with Gasteiger partial charge in [0, 0.05) is 18.6 Å². The van der Waals surface area contributed by atoms with E-state index in [9.17, 15) is 4.79 Å². The molecule has 1 aliphatic heterocycles. The first kappa shape index (κ1) is 16.1. The molecule has 0 unspecified atom stereocenters. The van der Waals surface area contributed by atoms with Crippen LogP contribution in [0, 0.1) is 5.92 Å². The molecule has 1 fully saturated rings. The van der Waals surface area contributed by atoms with E-state index in [1.54, 1.807) is 0 Å². The van der Waals surface area contributed by atoms with Gasteiger partial charge in [0.05, 0.1) is 0 Å². The summed E-state index contributed by atoms with van der Waals surface area (Å²) < 4.78 is 0. The summed E-state index contributed by atoms with van der Waals surface area (Å²) in [5.74, 6) is 0.903. The van der Waals surface area contributed by atoms with E-state index in [1.807, 2.05) is 4.90 Å². The summed E-state index contributed by atoms with van der Waals surface area (Å²) in [6, 6.07) is 0.546. The average Bonchev–Trinajstić information content (AvgIpc) is 2.77. The lowest BCUT2D eigenvalue weighted by molar-refractivity contribution is 0.0516. The Morgan fingerprint density at radius 2 is 2.05 bits per heavy atom. The molecule has 1 saturated heterocycles. The maximum atomic E-state index is 12.8. The summed E-state index contributed by atoms with van der Waals surface area (Å²) in [4.78, 5) is 19.6. The third-order valence-electron chi connectivity index (χ3n) is 3.94. The van der Waals surface area contributed by atoms with E-state index in [1.165, 1.54) is 17.8 Å². The van der Waals surface area contributed by atoms with E-state index >= 15 is 0 Å². The van der Waals surface area contributed by atoms with Crippen molar-refractivity contribution in [1.29, 1.82) is 0 Å². The van der Waals surface area contributed by atoms with Crippen molar-refractivity contribution in [3.63, 3.8) is 0 Å². The van der Waals surface area contributed by atoms with Crippen LogP contribution in [0.4, 0.5) is 10.9 Å². The number of rotatable bonds is 4. The van der Waals surface area contributed by atoms with Crippen molar-refractivity contribution >= 4 is 28.2 Å². The summed E-state index contributed by atoms with van der Waals surface area (Å²) in [5, 5.41) is 3.98. The van der Waals surface area contributed by atoms with Crippen LogP contribution in [0.5, 0.6) is 0 Å². The molecular weight excluding hydrogens is 284 g/mol. The molecular formula is C15H26N4OS. The number of anilines is 2. The van der Waals surface area contributed by atoms with Crippen LogP contribution in [0.2, 0.25) is 0 Å². The molecule has 0 radical (unpaired) electrons. The van der Waals surface area contributed by atoms with Crippen LogP contribution in [-0.2, 0) is 0 Å². The molecule has 21 heavy (non-hydrogen) atoms. The number of carbonyl (C=O) groups is 1. The minimum absolute atomic E-state index is 0.0299. The molecule has 2 rings (SSSR count). The van der Waals surface area contributed by atoms with Crippen molar-refractivity contribution in [2.75, 3.05) is 17.6 Å². The molecule has 0 saturated carbocycles. The molecule has 0 spiro atoms. The van der Waals surface area contributed by atoms with Crippen LogP contribution in [0.3, 0.4) is 0 Å². The summed E-state index contributed by atoms with van der Waals surface area (Å²) in [5.41, 5.74) is 5.96. The molecule has 0 aliphatic carbocycles. The van der Waals surface area contributed by atoms with Gasteiger partial charge in [-0.1, -0.05) is 25.2 Å². The number of nitrogens with zero attached hydrogens (tertiary/aromatic N) is 2. The number of hydrogen-bond acceptors (Lipinski definition) is 5.